The zero-order valence-corrected chi connectivity index (χ0v) is 17.3. The Morgan fingerprint density at radius 1 is 1.44 bits per heavy atom. The highest BCUT2D eigenvalue weighted by Crippen LogP contribution is 2.52. The van der Waals surface area contributed by atoms with Gasteiger partial charge in [0.2, 0.25) is 5.91 Å². The standard InChI is InChI=1S/C16H27N5O3.HI/c1-4-17-14(18-6-7-21-11(22)9-19-15(21)23)20-12-10-5-8-24-13(10)16(12,2)3;/h10,12-13H,4-9H2,1-3H3,(H,19,23)(H2,17,18,20);1H. The first-order valence-corrected chi connectivity index (χ1v) is 8.69. The average Bonchev–Trinajstić information content (AvgIpc) is 3.12. The van der Waals surface area contributed by atoms with Crippen molar-refractivity contribution in [2.24, 2.45) is 16.3 Å². The lowest BCUT2D eigenvalue weighted by atomic mass is 9.57. The summed E-state index contributed by atoms with van der Waals surface area (Å²) in [5, 5.41) is 9.27. The molecule has 1 saturated carbocycles. The Morgan fingerprint density at radius 2 is 2.20 bits per heavy atom. The number of hydrogen-bond acceptors (Lipinski definition) is 4. The zero-order valence-electron chi connectivity index (χ0n) is 15.0. The van der Waals surface area contributed by atoms with Crippen molar-refractivity contribution in [2.75, 3.05) is 32.8 Å². The van der Waals surface area contributed by atoms with Crippen molar-refractivity contribution in [3.8, 4) is 0 Å². The molecule has 2 heterocycles. The Labute approximate surface area is 165 Å². The lowest BCUT2D eigenvalue weighted by molar-refractivity contribution is -0.124. The number of guanidine groups is 1. The summed E-state index contributed by atoms with van der Waals surface area (Å²) in [6.45, 7) is 8.80. The molecule has 0 aromatic rings. The number of amides is 3. The van der Waals surface area contributed by atoms with Crippen molar-refractivity contribution < 1.29 is 14.3 Å². The van der Waals surface area contributed by atoms with Gasteiger partial charge in [-0.25, -0.2) is 4.79 Å². The summed E-state index contributed by atoms with van der Waals surface area (Å²) in [7, 11) is 0. The van der Waals surface area contributed by atoms with Crippen molar-refractivity contribution in [3.63, 3.8) is 0 Å². The molecule has 2 aliphatic heterocycles. The Morgan fingerprint density at radius 3 is 2.84 bits per heavy atom. The average molecular weight is 465 g/mol. The van der Waals surface area contributed by atoms with E-state index in [1.54, 1.807) is 0 Å². The molecule has 3 unspecified atom stereocenters. The number of carbonyl (C=O) groups excluding carboxylic acids is 2. The Hall–Kier alpha value is -1.10. The van der Waals surface area contributed by atoms with Crippen LogP contribution in [-0.4, -0.2) is 67.7 Å². The maximum Gasteiger partial charge on any atom is 0.324 e. The molecular weight excluding hydrogens is 437 g/mol. The van der Waals surface area contributed by atoms with Crippen LogP contribution >= 0.6 is 24.0 Å². The van der Waals surface area contributed by atoms with E-state index in [0.29, 0.717) is 31.2 Å². The van der Waals surface area contributed by atoms with Crippen LogP contribution in [0, 0.1) is 11.3 Å². The molecule has 0 bridgehead atoms. The summed E-state index contributed by atoms with van der Waals surface area (Å²) in [5.74, 6) is 1.06. The van der Waals surface area contributed by atoms with Crippen LogP contribution in [0.3, 0.4) is 0 Å². The molecule has 142 valence electrons. The largest absolute Gasteiger partial charge is 0.377 e. The van der Waals surface area contributed by atoms with Gasteiger partial charge in [-0.05, 0) is 13.3 Å². The highest BCUT2D eigenvalue weighted by atomic mass is 127. The van der Waals surface area contributed by atoms with Crippen LogP contribution in [0.5, 0.6) is 0 Å². The predicted molar refractivity (Wildman–Crippen MR) is 105 cm³/mol. The molecule has 0 aromatic heterocycles. The van der Waals surface area contributed by atoms with Crippen LogP contribution in [0.25, 0.3) is 0 Å². The quantitative estimate of drug-likeness (QED) is 0.238. The van der Waals surface area contributed by atoms with Gasteiger partial charge in [0, 0.05) is 30.5 Å². The molecule has 2 saturated heterocycles. The summed E-state index contributed by atoms with van der Waals surface area (Å²) in [5.41, 5.74) is 0.0716. The molecule has 0 spiro atoms. The second kappa shape index (κ2) is 8.07. The monoisotopic (exact) mass is 465 g/mol. The second-order valence-electron chi connectivity index (χ2n) is 7.15. The predicted octanol–water partition coefficient (Wildman–Crippen LogP) is 0.525. The minimum absolute atomic E-state index is 0. The van der Waals surface area contributed by atoms with E-state index in [1.807, 2.05) is 6.92 Å². The van der Waals surface area contributed by atoms with Gasteiger partial charge in [-0.1, -0.05) is 13.8 Å². The van der Waals surface area contributed by atoms with E-state index in [-0.39, 0.29) is 47.9 Å². The second-order valence-corrected chi connectivity index (χ2v) is 7.15. The van der Waals surface area contributed by atoms with E-state index in [2.05, 4.69) is 34.8 Å². The topological polar surface area (TPSA) is 95.1 Å². The molecule has 3 atom stereocenters. The Kier molecular flexibility index (Phi) is 6.52. The fourth-order valence-electron chi connectivity index (χ4n) is 4.03. The smallest absolute Gasteiger partial charge is 0.324 e. The van der Waals surface area contributed by atoms with Crippen molar-refractivity contribution in [1.82, 2.24) is 20.9 Å². The van der Waals surface area contributed by atoms with Crippen LogP contribution in [0.4, 0.5) is 4.79 Å². The first-order chi connectivity index (χ1) is 11.4. The highest BCUT2D eigenvalue weighted by Gasteiger charge is 2.59. The lowest BCUT2D eigenvalue weighted by Gasteiger charge is -2.54. The molecule has 3 aliphatic rings. The van der Waals surface area contributed by atoms with E-state index in [4.69, 9.17) is 4.74 Å². The SMILES string of the molecule is CCNC(=NCCN1C(=O)CNC1=O)NC1C2CCOC2C1(C)C.I. The van der Waals surface area contributed by atoms with Crippen LogP contribution < -0.4 is 16.0 Å². The number of carbonyl (C=O) groups is 2. The summed E-state index contributed by atoms with van der Waals surface area (Å²) in [4.78, 5) is 28.8. The molecule has 9 heteroatoms. The van der Waals surface area contributed by atoms with Gasteiger partial charge in [0.25, 0.3) is 0 Å². The van der Waals surface area contributed by atoms with Gasteiger partial charge in [0.15, 0.2) is 5.96 Å². The van der Waals surface area contributed by atoms with Crippen molar-refractivity contribution >= 4 is 41.9 Å². The number of hydrogen-bond donors (Lipinski definition) is 3. The number of fused-ring (bicyclic) bond motifs is 1. The summed E-state index contributed by atoms with van der Waals surface area (Å²) < 4.78 is 5.82. The molecular formula is C16H28IN5O3. The minimum Gasteiger partial charge on any atom is -0.377 e. The number of imide groups is 1. The van der Waals surface area contributed by atoms with Gasteiger partial charge >= 0.3 is 6.03 Å². The van der Waals surface area contributed by atoms with Crippen molar-refractivity contribution in [3.05, 3.63) is 0 Å². The fourth-order valence-corrected chi connectivity index (χ4v) is 4.03. The number of halogens is 1. The summed E-state index contributed by atoms with van der Waals surface area (Å²) in [6.07, 6.45) is 1.40. The van der Waals surface area contributed by atoms with Gasteiger partial charge in [0.1, 0.15) is 0 Å². The number of aliphatic imine (C=N–C) groups is 1. The molecule has 3 fully saturated rings. The molecule has 0 radical (unpaired) electrons. The third-order valence-corrected chi connectivity index (χ3v) is 5.27. The van der Waals surface area contributed by atoms with E-state index in [1.165, 1.54) is 4.90 Å². The zero-order chi connectivity index (χ0) is 17.3. The highest BCUT2D eigenvalue weighted by molar-refractivity contribution is 14.0. The molecule has 8 nitrogen and oxygen atoms in total. The summed E-state index contributed by atoms with van der Waals surface area (Å²) in [6, 6.07) is -0.0150. The lowest BCUT2D eigenvalue weighted by Crippen LogP contribution is -2.68. The molecule has 3 amide bonds. The normalized spacial score (nSPS) is 30.3. The number of nitrogens with one attached hydrogen (secondary N) is 3. The fraction of sp³-hybridized carbons (Fsp3) is 0.812. The van der Waals surface area contributed by atoms with Crippen LogP contribution in [0.2, 0.25) is 0 Å². The van der Waals surface area contributed by atoms with Crippen molar-refractivity contribution in [2.45, 2.75) is 39.3 Å². The maximum atomic E-state index is 11.6. The minimum atomic E-state index is -0.334. The number of nitrogens with zero attached hydrogens (tertiary/aromatic N) is 2. The van der Waals surface area contributed by atoms with E-state index in [0.717, 1.165) is 25.5 Å². The third-order valence-electron chi connectivity index (χ3n) is 5.27. The number of rotatable bonds is 5. The van der Waals surface area contributed by atoms with Crippen LogP contribution in [0.1, 0.15) is 27.2 Å². The number of urea groups is 1. The van der Waals surface area contributed by atoms with Crippen LogP contribution in [0.15, 0.2) is 4.99 Å². The Bertz CT molecular complexity index is 538. The molecule has 0 aromatic carbocycles. The first-order valence-electron chi connectivity index (χ1n) is 8.69. The van der Waals surface area contributed by atoms with E-state index < -0.39 is 0 Å². The molecule has 3 N–H and O–H groups in total. The number of ether oxygens (including phenoxy) is 1. The van der Waals surface area contributed by atoms with Crippen molar-refractivity contribution in [1.29, 1.82) is 0 Å². The molecule has 3 rings (SSSR count). The molecule has 25 heavy (non-hydrogen) atoms. The van der Waals surface area contributed by atoms with Gasteiger partial charge in [-0.3, -0.25) is 14.7 Å². The third kappa shape index (κ3) is 3.86. The van der Waals surface area contributed by atoms with Gasteiger partial charge in [-0.15, -0.1) is 24.0 Å². The summed E-state index contributed by atoms with van der Waals surface area (Å²) >= 11 is 0. The molecule has 1 aliphatic carbocycles. The first kappa shape index (κ1) is 20.2. The van der Waals surface area contributed by atoms with Crippen LogP contribution in [-0.2, 0) is 9.53 Å². The van der Waals surface area contributed by atoms with E-state index in [9.17, 15) is 9.59 Å². The van der Waals surface area contributed by atoms with Gasteiger partial charge in [-0.2, -0.15) is 0 Å². The van der Waals surface area contributed by atoms with Gasteiger partial charge < -0.3 is 20.7 Å². The Balaban J connectivity index is 0.00000225. The maximum absolute atomic E-state index is 11.6. The van der Waals surface area contributed by atoms with E-state index >= 15 is 0 Å². The van der Waals surface area contributed by atoms with Gasteiger partial charge in [0.05, 0.1) is 25.7 Å².